The van der Waals surface area contributed by atoms with Gasteiger partial charge in [0.2, 0.25) is 3.79 Å². The van der Waals surface area contributed by atoms with E-state index < -0.39 is 3.79 Å². The van der Waals surface area contributed by atoms with Crippen LogP contribution >= 0.6 is 34.8 Å². The lowest BCUT2D eigenvalue weighted by molar-refractivity contribution is 0.851. The van der Waals surface area contributed by atoms with Gasteiger partial charge in [-0.25, -0.2) is 0 Å². The maximum Gasteiger partial charge on any atom is 0.236 e. The van der Waals surface area contributed by atoms with Gasteiger partial charge in [0.15, 0.2) is 0 Å². The number of hydrogen-bond acceptors (Lipinski definition) is 2. The summed E-state index contributed by atoms with van der Waals surface area (Å²) in [6, 6.07) is 0. The molecule has 1 aromatic heterocycles. The Morgan fingerprint density at radius 2 is 2.00 bits per heavy atom. The molecule has 3 nitrogen and oxygen atoms in total. The minimum atomic E-state index is -1.47. The number of aromatic amines is 1. The summed E-state index contributed by atoms with van der Waals surface area (Å²) in [5.41, 5.74) is 1.12. The average Bonchev–Trinajstić information content (AvgIpc) is 2.34. The van der Waals surface area contributed by atoms with E-state index in [1.807, 2.05) is 6.92 Å². The Labute approximate surface area is 85.4 Å². The van der Waals surface area contributed by atoms with Gasteiger partial charge in [-0.3, -0.25) is 0 Å². The molecule has 0 bridgehead atoms. The third-order valence-electron chi connectivity index (χ3n) is 1.38. The molecule has 0 saturated carbocycles. The summed E-state index contributed by atoms with van der Waals surface area (Å²) in [5.74, 6) is 0. The van der Waals surface area contributed by atoms with Gasteiger partial charge < -0.3 is 0 Å². The maximum atomic E-state index is 5.65. The van der Waals surface area contributed by atoms with Gasteiger partial charge in [-0.15, -0.1) is 0 Å². The standard InChI is InChI=1S/C6H8Cl3N3/c1-2-3-4-5(6(7,8)9)11-12-10-4/h2-3H2,1H3,(H,10,11,12). The summed E-state index contributed by atoms with van der Waals surface area (Å²) >= 11 is 16.9. The van der Waals surface area contributed by atoms with Crippen molar-refractivity contribution in [3.8, 4) is 0 Å². The van der Waals surface area contributed by atoms with Crippen molar-refractivity contribution in [1.29, 1.82) is 0 Å². The van der Waals surface area contributed by atoms with E-state index in [-0.39, 0.29) is 0 Å². The molecular weight excluding hydrogens is 220 g/mol. The fraction of sp³-hybridized carbons (Fsp3) is 0.667. The number of aryl methyl sites for hydroxylation is 1. The Hall–Kier alpha value is 0.01000. The summed E-state index contributed by atoms with van der Waals surface area (Å²) in [4.78, 5) is 0. The number of hydrogen-bond donors (Lipinski definition) is 1. The van der Waals surface area contributed by atoms with Crippen LogP contribution in [0.25, 0.3) is 0 Å². The van der Waals surface area contributed by atoms with E-state index in [1.165, 1.54) is 0 Å². The van der Waals surface area contributed by atoms with E-state index in [1.54, 1.807) is 0 Å². The molecule has 1 N–H and O–H groups in total. The number of nitrogens with one attached hydrogen (secondary N) is 1. The number of nitrogens with zero attached hydrogens (tertiary/aromatic N) is 2. The van der Waals surface area contributed by atoms with Crippen LogP contribution in [0.15, 0.2) is 0 Å². The van der Waals surface area contributed by atoms with Gasteiger partial charge in [-0.1, -0.05) is 48.1 Å². The van der Waals surface area contributed by atoms with Gasteiger partial charge in [0.05, 0.1) is 5.69 Å². The lowest BCUT2D eigenvalue weighted by atomic mass is 10.2. The fourth-order valence-electron chi connectivity index (χ4n) is 0.891. The van der Waals surface area contributed by atoms with Crippen molar-refractivity contribution in [3.05, 3.63) is 11.4 Å². The number of halogens is 3. The molecule has 6 heteroatoms. The SMILES string of the molecule is CCCc1n[nH]nc1C(Cl)(Cl)Cl. The second kappa shape index (κ2) is 3.81. The van der Waals surface area contributed by atoms with Crippen LogP contribution in [-0.4, -0.2) is 15.4 Å². The first-order chi connectivity index (χ1) is 5.55. The van der Waals surface area contributed by atoms with E-state index in [0.717, 1.165) is 18.5 Å². The van der Waals surface area contributed by atoms with Crippen molar-refractivity contribution < 1.29 is 0 Å². The topological polar surface area (TPSA) is 41.6 Å². The zero-order valence-corrected chi connectivity index (χ0v) is 8.71. The van der Waals surface area contributed by atoms with Gasteiger partial charge in [-0.2, -0.15) is 15.4 Å². The third-order valence-corrected chi connectivity index (χ3v) is 1.91. The third kappa shape index (κ3) is 2.25. The molecule has 68 valence electrons. The Balaban J connectivity index is 2.91. The number of aromatic nitrogens is 3. The monoisotopic (exact) mass is 227 g/mol. The summed E-state index contributed by atoms with van der Waals surface area (Å²) in [7, 11) is 0. The summed E-state index contributed by atoms with van der Waals surface area (Å²) in [5, 5.41) is 10.1. The van der Waals surface area contributed by atoms with Crippen molar-refractivity contribution >= 4 is 34.8 Å². The van der Waals surface area contributed by atoms with Gasteiger partial charge in [0.25, 0.3) is 0 Å². The summed E-state index contributed by atoms with van der Waals surface area (Å²) in [6.07, 6.45) is 1.71. The van der Waals surface area contributed by atoms with Gasteiger partial charge in [0.1, 0.15) is 5.69 Å². The minimum absolute atomic E-state index is 0.398. The molecule has 0 unspecified atom stereocenters. The highest BCUT2D eigenvalue weighted by Gasteiger charge is 2.29. The van der Waals surface area contributed by atoms with Crippen molar-refractivity contribution in [3.63, 3.8) is 0 Å². The Morgan fingerprint density at radius 3 is 2.50 bits per heavy atom. The predicted molar refractivity (Wildman–Crippen MR) is 49.6 cm³/mol. The molecule has 1 aromatic rings. The van der Waals surface area contributed by atoms with Gasteiger partial charge >= 0.3 is 0 Å². The first-order valence-electron chi connectivity index (χ1n) is 3.52. The van der Waals surface area contributed by atoms with Crippen LogP contribution in [0.3, 0.4) is 0 Å². The minimum Gasteiger partial charge on any atom is -0.197 e. The molecule has 0 aliphatic heterocycles. The maximum absolute atomic E-state index is 5.65. The predicted octanol–water partition coefficient (Wildman–Crippen LogP) is 2.58. The Kier molecular flexibility index (Phi) is 3.21. The number of alkyl halides is 3. The van der Waals surface area contributed by atoms with Crippen molar-refractivity contribution in [2.24, 2.45) is 0 Å². The smallest absolute Gasteiger partial charge is 0.197 e. The normalized spacial score (nSPS) is 12.0. The molecule has 0 aromatic carbocycles. The van der Waals surface area contributed by atoms with Crippen LogP contribution in [0.2, 0.25) is 0 Å². The highest BCUT2D eigenvalue weighted by Crippen LogP contribution is 2.38. The fourth-order valence-corrected chi connectivity index (χ4v) is 1.34. The lowest BCUT2D eigenvalue weighted by Gasteiger charge is -2.07. The van der Waals surface area contributed by atoms with E-state index in [4.69, 9.17) is 34.8 Å². The van der Waals surface area contributed by atoms with Crippen LogP contribution in [0, 0.1) is 0 Å². The summed E-state index contributed by atoms with van der Waals surface area (Å²) < 4.78 is -1.47. The Bertz CT molecular complexity index is 253. The molecule has 1 rings (SSSR count). The molecule has 0 amide bonds. The zero-order chi connectivity index (χ0) is 9.19. The van der Waals surface area contributed by atoms with Gasteiger partial charge in [0, 0.05) is 0 Å². The van der Waals surface area contributed by atoms with E-state index in [9.17, 15) is 0 Å². The molecular formula is C6H8Cl3N3. The highest BCUT2D eigenvalue weighted by molar-refractivity contribution is 6.66. The van der Waals surface area contributed by atoms with Crippen LogP contribution in [0.4, 0.5) is 0 Å². The van der Waals surface area contributed by atoms with Crippen LogP contribution in [-0.2, 0) is 10.2 Å². The van der Waals surface area contributed by atoms with E-state index in [2.05, 4.69) is 15.4 Å². The number of rotatable bonds is 2. The molecule has 0 atom stereocenters. The molecule has 12 heavy (non-hydrogen) atoms. The van der Waals surface area contributed by atoms with Gasteiger partial charge in [-0.05, 0) is 6.42 Å². The molecule has 0 fully saturated rings. The second-order valence-corrected chi connectivity index (χ2v) is 4.65. The second-order valence-electron chi connectivity index (χ2n) is 2.37. The van der Waals surface area contributed by atoms with E-state index in [0.29, 0.717) is 5.69 Å². The van der Waals surface area contributed by atoms with Crippen LogP contribution in [0.5, 0.6) is 0 Å². The quantitative estimate of drug-likeness (QED) is 0.791. The summed E-state index contributed by atoms with van der Waals surface area (Å²) in [6.45, 7) is 2.02. The zero-order valence-electron chi connectivity index (χ0n) is 6.44. The van der Waals surface area contributed by atoms with E-state index >= 15 is 0 Å². The highest BCUT2D eigenvalue weighted by atomic mass is 35.6. The number of H-pyrrole nitrogens is 1. The molecule has 0 aliphatic carbocycles. The Morgan fingerprint density at radius 1 is 1.33 bits per heavy atom. The first kappa shape index (κ1) is 10.1. The van der Waals surface area contributed by atoms with Crippen molar-refractivity contribution in [2.45, 2.75) is 23.6 Å². The first-order valence-corrected chi connectivity index (χ1v) is 4.66. The molecule has 1 heterocycles. The lowest BCUT2D eigenvalue weighted by Crippen LogP contribution is -2.05. The molecule has 0 radical (unpaired) electrons. The van der Waals surface area contributed by atoms with Crippen molar-refractivity contribution in [1.82, 2.24) is 15.4 Å². The molecule has 0 aliphatic rings. The molecule has 0 saturated heterocycles. The molecule has 0 spiro atoms. The average molecular weight is 229 g/mol. The largest absolute Gasteiger partial charge is 0.236 e. The van der Waals surface area contributed by atoms with Crippen molar-refractivity contribution in [2.75, 3.05) is 0 Å². The van der Waals surface area contributed by atoms with Crippen LogP contribution < -0.4 is 0 Å². The van der Waals surface area contributed by atoms with Crippen LogP contribution in [0.1, 0.15) is 24.7 Å².